The van der Waals surface area contributed by atoms with Crippen molar-refractivity contribution in [2.24, 2.45) is 29.6 Å². The lowest BCUT2D eigenvalue weighted by Crippen LogP contribution is -2.40. The standard InChI is InChI=1S/C18H32N/c1-6-11(2)13(4)18-12(3)7-8-15-9-16(14(15)5)17-10-19(17)18/h11,13-18H,6-10H2,1-5H3/q+1. The van der Waals surface area contributed by atoms with Gasteiger partial charge in [-0.2, -0.15) is 0 Å². The summed E-state index contributed by atoms with van der Waals surface area (Å²) >= 11 is 0. The molecule has 0 radical (unpaired) electrons. The molecule has 0 aromatic rings. The van der Waals surface area contributed by atoms with Crippen molar-refractivity contribution < 1.29 is 0 Å². The van der Waals surface area contributed by atoms with Crippen molar-refractivity contribution >= 4 is 0 Å². The molecule has 1 nitrogen and oxygen atoms in total. The predicted molar refractivity (Wildman–Crippen MR) is 81.8 cm³/mol. The summed E-state index contributed by atoms with van der Waals surface area (Å²) in [6.45, 7) is 13.7. The van der Waals surface area contributed by atoms with Gasteiger partial charge in [-0.1, -0.05) is 34.1 Å². The monoisotopic (exact) mass is 262 g/mol. The molecular weight excluding hydrogens is 230 g/mol. The minimum Gasteiger partial charge on any atom is -0.256 e. The van der Waals surface area contributed by atoms with Crippen LogP contribution in [0.15, 0.2) is 0 Å². The molecule has 0 spiro atoms. The molecule has 3 aliphatic heterocycles. The van der Waals surface area contributed by atoms with E-state index in [1.165, 1.54) is 32.2 Å². The van der Waals surface area contributed by atoms with Crippen molar-refractivity contribution in [1.82, 2.24) is 4.90 Å². The van der Waals surface area contributed by atoms with Crippen molar-refractivity contribution in [3.63, 3.8) is 0 Å². The van der Waals surface area contributed by atoms with Crippen LogP contribution in [0.1, 0.15) is 60.3 Å². The van der Waals surface area contributed by atoms with Crippen molar-refractivity contribution in [2.45, 2.75) is 72.4 Å². The third-order valence-corrected chi connectivity index (χ3v) is 6.99. The fourth-order valence-electron chi connectivity index (χ4n) is 4.97. The van der Waals surface area contributed by atoms with Gasteiger partial charge in [-0.25, -0.2) is 0 Å². The van der Waals surface area contributed by atoms with Crippen molar-refractivity contribution in [2.75, 3.05) is 6.54 Å². The highest BCUT2D eigenvalue weighted by atomic mass is 15.3. The average molecular weight is 262 g/mol. The first-order chi connectivity index (χ1) is 9.04. The summed E-state index contributed by atoms with van der Waals surface area (Å²) in [5, 5.41) is 0. The first kappa shape index (κ1) is 13.8. The Bertz CT molecular complexity index is 326. The second kappa shape index (κ2) is 4.98. The molecule has 1 heteroatoms. The van der Waals surface area contributed by atoms with Crippen LogP contribution < -0.4 is 0 Å². The van der Waals surface area contributed by atoms with Crippen LogP contribution >= 0.6 is 0 Å². The summed E-state index contributed by atoms with van der Waals surface area (Å²) in [5.74, 6) is 6.55. The van der Waals surface area contributed by atoms with Gasteiger partial charge in [0, 0.05) is 18.5 Å². The predicted octanol–water partition coefficient (Wildman–Crippen LogP) is 4.38. The van der Waals surface area contributed by atoms with E-state index in [-0.39, 0.29) is 0 Å². The molecule has 4 rings (SSSR count). The lowest BCUT2D eigenvalue weighted by molar-refractivity contribution is 0.0696. The molecule has 108 valence electrons. The fraction of sp³-hybridized carbons (Fsp3) is 0.944. The molecule has 0 aromatic carbocycles. The molecule has 3 saturated heterocycles. The Labute approximate surface area is 120 Å². The van der Waals surface area contributed by atoms with Crippen LogP contribution in [0.25, 0.3) is 0 Å². The van der Waals surface area contributed by atoms with E-state index < -0.39 is 0 Å². The number of fused-ring (bicyclic) bond motifs is 3. The molecule has 19 heavy (non-hydrogen) atoms. The Balaban J connectivity index is 1.76. The molecule has 0 amide bonds. The molecule has 1 saturated carbocycles. The Morgan fingerprint density at radius 3 is 2.68 bits per heavy atom. The van der Waals surface area contributed by atoms with Crippen LogP contribution in [0.4, 0.5) is 0 Å². The zero-order valence-corrected chi connectivity index (χ0v) is 13.5. The maximum atomic E-state index is 2.86. The van der Waals surface area contributed by atoms with E-state index in [0.717, 1.165) is 41.7 Å². The van der Waals surface area contributed by atoms with Gasteiger partial charge in [0.1, 0.15) is 5.92 Å². The van der Waals surface area contributed by atoms with Crippen LogP contribution in [-0.2, 0) is 0 Å². The first-order valence-electron chi connectivity index (χ1n) is 8.62. The molecule has 2 bridgehead atoms. The normalized spacial score (nSPS) is 48.2. The summed E-state index contributed by atoms with van der Waals surface area (Å²) in [6, 6.07) is 1.72. The minimum atomic E-state index is 0.784. The van der Waals surface area contributed by atoms with Crippen LogP contribution in [0.2, 0.25) is 0 Å². The lowest BCUT2D eigenvalue weighted by Gasteiger charge is -2.42. The van der Waals surface area contributed by atoms with Gasteiger partial charge in [0.05, 0.1) is 13.3 Å². The lowest BCUT2D eigenvalue weighted by atomic mass is 9.62. The quantitative estimate of drug-likeness (QED) is 0.539. The molecule has 1 aliphatic carbocycles. The highest BCUT2D eigenvalue weighted by Gasteiger charge is 2.58. The average Bonchev–Trinajstić information content (AvgIpc) is 3.14. The van der Waals surface area contributed by atoms with E-state index in [1.807, 2.05) is 0 Å². The zero-order valence-electron chi connectivity index (χ0n) is 13.5. The maximum Gasteiger partial charge on any atom is 0.156 e. The van der Waals surface area contributed by atoms with E-state index in [2.05, 4.69) is 39.5 Å². The molecule has 0 N–H and O–H groups in total. The van der Waals surface area contributed by atoms with Crippen molar-refractivity contribution in [1.29, 1.82) is 0 Å². The number of hydrogen-bond donors (Lipinski definition) is 0. The first-order valence-corrected chi connectivity index (χ1v) is 8.62. The number of rotatable bonds is 3. The van der Waals surface area contributed by atoms with Gasteiger partial charge in [-0.15, -0.1) is 0 Å². The van der Waals surface area contributed by atoms with Crippen LogP contribution in [0, 0.1) is 35.5 Å². The fourth-order valence-corrected chi connectivity index (χ4v) is 4.97. The molecule has 0 aromatic heterocycles. The summed E-state index contributed by atoms with van der Waals surface area (Å²) < 4.78 is 0. The Morgan fingerprint density at radius 1 is 1.32 bits per heavy atom. The van der Waals surface area contributed by atoms with E-state index in [0.29, 0.717) is 0 Å². The molecule has 4 aliphatic rings. The molecule has 3 heterocycles. The van der Waals surface area contributed by atoms with Gasteiger partial charge in [-0.05, 0) is 36.5 Å². The van der Waals surface area contributed by atoms with Gasteiger partial charge in [0.2, 0.25) is 0 Å². The van der Waals surface area contributed by atoms with Crippen LogP contribution in [0.3, 0.4) is 0 Å². The van der Waals surface area contributed by atoms with E-state index in [9.17, 15) is 0 Å². The van der Waals surface area contributed by atoms with E-state index >= 15 is 0 Å². The van der Waals surface area contributed by atoms with Crippen LogP contribution in [-0.4, -0.2) is 23.5 Å². The third kappa shape index (κ3) is 2.22. The SMILES string of the molecule is CCC(C)C(C)C1[C+](C)CCC2CC(C2C)C2CN21. The summed E-state index contributed by atoms with van der Waals surface area (Å²) in [4.78, 5) is 2.86. The van der Waals surface area contributed by atoms with Gasteiger partial charge in [0.15, 0.2) is 6.04 Å². The smallest absolute Gasteiger partial charge is 0.156 e. The van der Waals surface area contributed by atoms with Gasteiger partial charge >= 0.3 is 0 Å². The Hall–Kier alpha value is -0.170. The third-order valence-electron chi connectivity index (χ3n) is 6.99. The molecule has 8 atom stereocenters. The van der Waals surface area contributed by atoms with Gasteiger partial charge in [0.25, 0.3) is 0 Å². The topological polar surface area (TPSA) is 3.01 Å². The minimum absolute atomic E-state index is 0.784. The zero-order chi connectivity index (χ0) is 13.7. The highest BCUT2D eigenvalue weighted by Crippen LogP contribution is 2.54. The summed E-state index contributed by atoms with van der Waals surface area (Å²) in [6.07, 6.45) is 5.70. The van der Waals surface area contributed by atoms with Crippen molar-refractivity contribution in [3.05, 3.63) is 5.92 Å². The molecule has 8 unspecified atom stereocenters. The second-order valence-electron chi connectivity index (χ2n) is 7.86. The Morgan fingerprint density at radius 2 is 2.05 bits per heavy atom. The van der Waals surface area contributed by atoms with Gasteiger partial charge in [-0.3, -0.25) is 4.90 Å². The molecule has 4 fully saturated rings. The van der Waals surface area contributed by atoms with E-state index in [4.69, 9.17) is 0 Å². The van der Waals surface area contributed by atoms with Crippen molar-refractivity contribution in [3.8, 4) is 0 Å². The highest BCUT2D eigenvalue weighted by molar-refractivity contribution is 5.14. The molecular formula is C18H32N+. The number of hydrogen-bond acceptors (Lipinski definition) is 1. The second-order valence-corrected chi connectivity index (χ2v) is 7.86. The van der Waals surface area contributed by atoms with Gasteiger partial charge < -0.3 is 0 Å². The van der Waals surface area contributed by atoms with Crippen LogP contribution in [0.5, 0.6) is 0 Å². The Kier molecular flexibility index (Phi) is 3.62. The number of nitrogens with zero attached hydrogens (tertiary/aromatic N) is 1. The summed E-state index contributed by atoms with van der Waals surface area (Å²) in [5.41, 5.74) is 0. The largest absolute Gasteiger partial charge is 0.256 e. The maximum absolute atomic E-state index is 2.86. The van der Waals surface area contributed by atoms with E-state index in [1.54, 1.807) is 5.92 Å². The summed E-state index contributed by atoms with van der Waals surface area (Å²) in [7, 11) is 0.